The van der Waals surface area contributed by atoms with Crippen LogP contribution in [0.2, 0.25) is 0 Å². The van der Waals surface area contributed by atoms with E-state index < -0.39 is 84.5 Å². The van der Waals surface area contributed by atoms with Gasteiger partial charge >= 0.3 is 35.8 Å². The molecule has 35 heavy (non-hydrogen) atoms. The third-order valence-electron chi connectivity index (χ3n) is 2.98. The first kappa shape index (κ1) is 35.3. The number of rotatable bonds is 9. The number of carboxylic acids is 5. The number of Topliss-reactive ketones (excluding diaryl/α,β-unsaturated/α-hetero) is 1. The van der Waals surface area contributed by atoms with Crippen molar-refractivity contribution >= 4 is 41.6 Å². The molecule has 1 aliphatic rings. The zero-order chi connectivity index (χ0) is 28.5. The van der Waals surface area contributed by atoms with Gasteiger partial charge in [0.05, 0.1) is 25.9 Å². The van der Waals surface area contributed by atoms with Gasteiger partial charge in [0.1, 0.15) is 6.10 Å². The lowest BCUT2D eigenvalue weighted by molar-refractivity contribution is -0.152. The molecule has 18 heteroatoms. The molecule has 18 nitrogen and oxygen atoms in total. The number of aliphatic carboxylic acids is 5. The van der Waals surface area contributed by atoms with Crippen LogP contribution in [-0.4, -0.2) is 118 Å². The number of hydrogen-bond acceptors (Lipinski definition) is 13. The lowest BCUT2D eigenvalue weighted by Crippen LogP contribution is -2.31. The average Bonchev–Trinajstić information content (AvgIpc) is 2.99. The van der Waals surface area contributed by atoms with Gasteiger partial charge in [-0.05, 0) is 0 Å². The molecule has 0 fully saturated rings. The first-order valence-electron chi connectivity index (χ1n) is 8.80. The molecule has 1 unspecified atom stereocenters. The Balaban J connectivity index is -0.000000404. The molecule has 3 atom stereocenters. The highest BCUT2D eigenvalue weighted by Gasteiger charge is 2.38. The lowest BCUT2D eigenvalue weighted by Gasteiger charge is -2.13. The van der Waals surface area contributed by atoms with Gasteiger partial charge in [-0.15, -0.1) is 0 Å². The second-order valence-electron chi connectivity index (χ2n) is 5.91. The fraction of sp³-hybridized carbons (Fsp3) is 0.471. The Morgan fingerprint density at radius 1 is 0.857 bits per heavy atom. The van der Waals surface area contributed by atoms with Crippen LogP contribution in [0.5, 0.6) is 0 Å². The molecule has 0 saturated heterocycles. The van der Waals surface area contributed by atoms with Gasteiger partial charge in [-0.1, -0.05) is 0 Å². The molecule has 0 amide bonds. The van der Waals surface area contributed by atoms with E-state index in [4.69, 9.17) is 51.1 Å². The first-order valence-corrected chi connectivity index (χ1v) is 8.80. The maximum atomic E-state index is 10.5. The molecule has 10 N–H and O–H groups in total. The van der Waals surface area contributed by atoms with Crippen LogP contribution < -0.4 is 0 Å². The molecule has 0 aliphatic carbocycles. The second-order valence-corrected chi connectivity index (χ2v) is 5.91. The highest BCUT2D eigenvalue weighted by Crippen LogP contribution is 2.20. The van der Waals surface area contributed by atoms with Crippen molar-refractivity contribution in [3.8, 4) is 0 Å². The summed E-state index contributed by atoms with van der Waals surface area (Å²) < 4.78 is 4.32. The zero-order valence-corrected chi connectivity index (χ0v) is 17.8. The van der Waals surface area contributed by atoms with Gasteiger partial charge in [-0.3, -0.25) is 19.2 Å². The number of aliphatic hydroxyl groups is 5. The Morgan fingerprint density at radius 3 is 1.43 bits per heavy atom. The number of carbonyl (C=O) groups is 7. The maximum Gasteiger partial charge on any atom is 0.377 e. The van der Waals surface area contributed by atoms with Crippen LogP contribution in [0.15, 0.2) is 11.5 Å². The van der Waals surface area contributed by atoms with Gasteiger partial charge in [0, 0.05) is 6.92 Å². The molecule has 0 aromatic heterocycles. The predicted molar refractivity (Wildman–Crippen MR) is 104 cm³/mol. The monoisotopic (exact) mass is 516 g/mol. The van der Waals surface area contributed by atoms with Crippen LogP contribution in [0.25, 0.3) is 0 Å². The molecule has 200 valence electrons. The van der Waals surface area contributed by atoms with Gasteiger partial charge in [-0.25, -0.2) is 14.4 Å². The Bertz CT molecular complexity index is 786. The number of esters is 1. The van der Waals surface area contributed by atoms with Crippen molar-refractivity contribution in [2.24, 2.45) is 0 Å². The molecular weight excluding hydrogens is 492 g/mol. The van der Waals surface area contributed by atoms with Gasteiger partial charge in [0.15, 0.2) is 18.0 Å². The summed E-state index contributed by atoms with van der Waals surface area (Å²) in [7, 11) is 0. The Labute approximate surface area is 194 Å². The van der Waals surface area contributed by atoms with E-state index in [1.54, 1.807) is 0 Å². The van der Waals surface area contributed by atoms with Gasteiger partial charge in [0.25, 0.3) is 0 Å². The second kappa shape index (κ2) is 18.2. The standard InChI is InChI=1S/C6H8O6.C4H6O5.C4H6O4.C3H4O3/c7-1-2(8)5-3(9)4(10)6(11)12-5;5-2(4(8)9)1-3(6)7;5-3(6)1-2-4(7)8;1-2(4)3(5)6/h2,5,7-10H,1H2;2,5H,1H2,(H,6,7)(H,8,9);1-2H2,(H,5,6)(H,7,8);1H3,(H,5,6)/t2-,5+;;;/m0.../s1. The van der Waals surface area contributed by atoms with Crippen LogP contribution in [0.1, 0.15) is 26.2 Å². The lowest BCUT2D eigenvalue weighted by atomic mass is 10.2. The van der Waals surface area contributed by atoms with E-state index in [1.165, 1.54) is 0 Å². The summed E-state index contributed by atoms with van der Waals surface area (Å²) in [5.74, 6) is -9.98. The summed E-state index contributed by atoms with van der Waals surface area (Å²) >= 11 is 0. The van der Waals surface area contributed by atoms with Crippen molar-refractivity contribution in [1.82, 2.24) is 0 Å². The van der Waals surface area contributed by atoms with Crippen molar-refractivity contribution in [2.75, 3.05) is 6.61 Å². The fourth-order valence-electron chi connectivity index (χ4n) is 1.29. The Hall–Kier alpha value is -4.29. The van der Waals surface area contributed by atoms with Crippen LogP contribution >= 0.6 is 0 Å². The van der Waals surface area contributed by atoms with E-state index in [2.05, 4.69) is 4.74 Å². The molecule has 0 radical (unpaired) electrons. The van der Waals surface area contributed by atoms with Crippen LogP contribution in [0, 0.1) is 0 Å². The minimum absolute atomic E-state index is 0.296. The number of carboxylic acid groups (broad SMARTS) is 5. The van der Waals surface area contributed by atoms with E-state index in [9.17, 15) is 33.6 Å². The molecule has 1 heterocycles. The highest BCUT2D eigenvalue weighted by molar-refractivity contribution is 6.31. The molecule has 0 spiro atoms. The van der Waals surface area contributed by atoms with E-state index >= 15 is 0 Å². The average molecular weight is 516 g/mol. The Kier molecular flexibility index (Phi) is 18.3. The maximum absolute atomic E-state index is 10.5. The molecule has 0 aromatic rings. The number of aliphatic hydroxyl groups excluding tert-OH is 5. The molecule has 0 bridgehead atoms. The number of ketones is 1. The van der Waals surface area contributed by atoms with Gasteiger partial charge in [-0.2, -0.15) is 0 Å². The molecule has 0 saturated carbocycles. The number of hydrogen-bond donors (Lipinski definition) is 10. The van der Waals surface area contributed by atoms with Crippen LogP contribution in [0.3, 0.4) is 0 Å². The predicted octanol–water partition coefficient (Wildman–Crippen LogP) is -2.90. The smallest absolute Gasteiger partial charge is 0.377 e. The first-order chi connectivity index (χ1) is 15.9. The van der Waals surface area contributed by atoms with E-state index in [0.717, 1.165) is 6.92 Å². The molecule has 1 rings (SSSR count). The van der Waals surface area contributed by atoms with Gasteiger partial charge < -0.3 is 55.8 Å². The van der Waals surface area contributed by atoms with Crippen LogP contribution in [-0.2, 0) is 38.3 Å². The third kappa shape index (κ3) is 18.9. The van der Waals surface area contributed by atoms with Crippen molar-refractivity contribution in [1.29, 1.82) is 0 Å². The zero-order valence-electron chi connectivity index (χ0n) is 17.8. The summed E-state index contributed by atoms with van der Waals surface area (Å²) in [6, 6.07) is 0. The quantitative estimate of drug-likeness (QED) is 0.108. The van der Waals surface area contributed by atoms with Crippen molar-refractivity contribution in [3.63, 3.8) is 0 Å². The van der Waals surface area contributed by atoms with Crippen LogP contribution in [0.4, 0.5) is 0 Å². The largest absolute Gasteiger partial charge is 0.505 e. The summed E-state index contributed by atoms with van der Waals surface area (Å²) in [5.41, 5.74) is 0. The fourth-order valence-corrected chi connectivity index (χ4v) is 1.29. The van der Waals surface area contributed by atoms with E-state index in [-0.39, 0.29) is 12.8 Å². The summed E-state index contributed by atoms with van der Waals surface area (Å²) in [5, 5.41) is 82.6. The SMILES string of the molecule is CC(=O)C(=O)O.O=C(O)CC(O)C(=O)O.O=C(O)CCC(=O)O.O=C1O[C@H]([C@@H](O)CO)C(O)=C1O. The summed E-state index contributed by atoms with van der Waals surface area (Å²) in [6.45, 7) is 0.331. The highest BCUT2D eigenvalue weighted by atomic mass is 16.6. The van der Waals surface area contributed by atoms with Crippen molar-refractivity contribution in [2.45, 2.75) is 44.5 Å². The molecule has 1 aliphatic heterocycles. The molecule has 0 aromatic carbocycles. The van der Waals surface area contributed by atoms with E-state index in [0.29, 0.717) is 0 Å². The van der Waals surface area contributed by atoms with Crippen molar-refractivity contribution in [3.05, 3.63) is 11.5 Å². The normalized spacial score (nSPS) is 15.3. The third-order valence-corrected chi connectivity index (χ3v) is 2.98. The Morgan fingerprint density at radius 2 is 1.26 bits per heavy atom. The number of carbonyl (C=O) groups excluding carboxylic acids is 2. The molecular formula is C17H24O18. The van der Waals surface area contributed by atoms with Crippen molar-refractivity contribution < 1.29 is 89.4 Å². The number of ether oxygens (including phenoxy) is 1. The summed E-state index contributed by atoms with van der Waals surface area (Å²) in [4.78, 5) is 68.1. The van der Waals surface area contributed by atoms with Gasteiger partial charge in [0.2, 0.25) is 11.5 Å². The number of cyclic esters (lactones) is 1. The topological polar surface area (TPSA) is 331 Å². The summed E-state index contributed by atoms with van der Waals surface area (Å²) in [6.07, 6.45) is -5.91. The van der Waals surface area contributed by atoms with E-state index in [1.807, 2.05) is 0 Å². The minimum Gasteiger partial charge on any atom is -0.505 e. The minimum atomic E-state index is -1.79.